The molecule has 0 saturated carbocycles. The summed E-state index contributed by atoms with van der Waals surface area (Å²) in [6.45, 7) is 7.03. The molecule has 0 amide bonds. The molecule has 0 fully saturated rings. The molecule has 0 aromatic carbocycles. The van der Waals surface area contributed by atoms with Gasteiger partial charge in [0, 0.05) is 26.8 Å². The van der Waals surface area contributed by atoms with Gasteiger partial charge >= 0.3 is 5.97 Å². The number of likely N-dealkylation sites (N-methyl/N-ethyl adjacent to an activating group) is 1. The van der Waals surface area contributed by atoms with Crippen LogP contribution in [0, 0.1) is 0 Å². The van der Waals surface area contributed by atoms with Crippen molar-refractivity contribution in [1.29, 1.82) is 0 Å². The van der Waals surface area contributed by atoms with Crippen molar-refractivity contribution in [3.05, 3.63) is 0 Å². The third-order valence-electron chi connectivity index (χ3n) is 2.88. The minimum Gasteiger partial charge on any atom is -0.468 e. The summed E-state index contributed by atoms with van der Waals surface area (Å²) in [5.41, 5.74) is -0.646. The molecule has 0 rings (SSSR count). The molecule has 0 aliphatic carbocycles. The fourth-order valence-electron chi connectivity index (χ4n) is 1.92. The van der Waals surface area contributed by atoms with Crippen molar-refractivity contribution < 1.29 is 14.3 Å². The molecule has 0 aromatic rings. The number of rotatable bonds is 10. The van der Waals surface area contributed by atoms with E-state index in [0.29, 0.717) is 6.54 Å². The van der Waals surface area contributed by atoms with Crippen molar-refractivity contribution in [2.45, 2.75) is 32.2 Å². The summed E-state index contributed by atoms with van der Waals surface area (Å²) in [6.07, 6.45) is 1.94. The van der Waals surface area contributed by atoms with E-state index in [0.717, 1.165) is 32.5 Å². The highest BCUT2D eigenvalue weighted by atomic mass is 16.5. The van der Waals surface area contributed by atoms with E-state index >= 15 is 0 Å². The van der Waals surface area contributed by atoms with Gasteiger partial charge in [-0.15, -0.1) is 0 Å². The van der Waals surface area contributed by atoms with Crippen LogP contribution in [0.3, 0.4) is 0 Å². The van der Waals surface area contributed by atoms with Crippen LogP contribution in [0.25, 0.3) is 0 Å². The lowest BCUT2D eigenvalue weighted by molar-refractivity contribution is -0.148. The Morgan fingerprint density at radius 1 is 1.39 bits per heavy atom. The quantitative estimate of drug-likeness (QED) is 0.467. The van der Waals surface area contributed by atoms with Crippen molar-refractivity contribution >= 4 is 5.97 Å². The third-order valence-corrected chi connectivity index (χ3v) is 2.88. The van der Waals surface area contributed by atoms with E-state index in [1.807, 2.05) is 14.0 Å². The van der Waals surface area contributed by atoms with Crippen LogP contribution in [-0.2, 0) is 14.3 Å². The lowest BCUT2D eigenvalue weighted by Gasteiger charge is -2.32. The molecule has 5 heteroatoms. The number of carbonyl (C=O) groups excluding carboxylic acids is 1. The van der Waals surface area contributed by atoms with Gasteiger partial charge in [-0.3, -0.25) is 4.79 Å². The smallest absolute Gasteiger partial charge is 0.327 e. The number of ether oxygens (including phenoxy) is 2. The largest absolute Gasteiger partial charge is 0.468 e. The summed E-state index contributed by atoms with van der Waals surface area (Å²) < 4.78 is 9.91. The van der Waals surface area contributed by atoms with Gasteiger partial charge in [0.15, 0.2) is 0 Å². The van der Waals surface area contributed by atoms with Gasteiger partial charge in [0.2, 0.25) is 0 Å². The van der Waals surface area contributed by atoms with Gasteiger partial charge in [-0.05, 0) is 33.4 Å². The molecule has 1 N–H and O–H groups in total. The average Bonchev–Trinajstić information content (AvgIpc) is 2.35. The SMILES string of the molecule is CCCNC(C)(CN(C)CCCOC)C(=O)OC. The molecule has 1 unspecified atom stereocenters. The summed E-state index contributed by atoms with van der Waals surface area (Å²) in [7, 11) is 5.13. The summed E-state index contributed by atoms with van der Waals surface area (Å²) >= 11 is 0. The topological polar surface area (TPSA) is 50.8 Å². The van der Waals surface area contributed by atoms with Crippen LogP contribution < -0.4 is 5.32 Å². The first-order valence-electron chi connectivity index (χ1n) is 6.51. The Morgan fingerprint density at radius 3 is 2.56 bits per heavy atom. The van der Waals surface area contributed by atoms with E-state index < -0.39 is 5.54 Å². The van der Waals surface area contributed by atoms with Crippen LogP contribution in [0.2, 0.25) is 0 Å². The lowest BCUT2D eigenvalue weighted by Crippen LogP contribution is -2.57. The highest BCUT2D eigenvalue weighted by molar-refractivity contribution is 5.80. The molecule has 108 valence electrons. The predicted octanol–water partition coefficient (Wildman–Crippen LogP) is 0.886. The zero-order valence-electron chi connectivity index (χ0n) is 12.4. The number of esters is 1. The van der Waals surface area contributed by atoms with E-state index in [1.54, 1.807) is 7.11 Å². The molecule has 0 spiro atoms. The van der Waals surface area contributed by atoms with Gasteiger partial charge in [-0.25, -0.2) is 0 Å². The van der Waals surface area contributed by atoms with Crippen molar-refractivity contribution in [2.24, 2.45) is 0 Å². The molecule has 0 aliphatic rings. The predicted molar refractivity (Wildman–Crippen MR) is 72.7 cm³/mol. The summed E-state index contributed by atoms with van der Waals surface area (Å²) in [6, 6.07) is 0. The van der Waals surface area contributed by atoms with E-state index in [4.69, 9.17) is 9.47 Å². The van der Waals surface area contributed by atoms with Crippen LogP contribution in [0.1, 0.15) is 26.7 Å². The van der Waals surface area contributed by atoms with E-state index in [1.165, 1.54) is 7.11 Å². The third kappa shape index (κ3) is 6.33. The highest BCUT2D eigenvalue weighted by Gasteiger charge is 2.34. The van der Waals surface area contributed by atoms with Crippen molar-refractivity contribution in [3.63, 3.8) is 0 Å². The molecule has 1 atom stereocenters. The lowest BCUT2D eigenvalue weighted by atomic mass is 10.0. The Morgan fingerprint density at radius 2 is 2.06 bits per heavy atom. The first-order chi connectivity index (χ1) is 8.50. The molecule has 5 nitrogen and oxygen atoms in total. The minimum atomic E-state index is -0.646. The van der Waals surface area contributed by atoms with Crippen molar-refractivity contribution in [1.82, 2.24) is 10.2 Å². The molecule has 0 aliphatic heterocycles. The van der Waals surface area contributed by atoms with Crippen LogP contribution in [0.4, 0.5) is 0 Å². The average molecular weight is 260 g/mol. The maximum absolute atomic E-state index is 11.9. The fraction of sp³-hybridized carbons (Fsp3) is 0.923. The second-order valence-electron chi connectivity index (χ2n) is 4.83. The minimum absolute atomic E-state index is 0.213. The molecule has 0 heterocycles. The standard InChI is InChI=1S/C13H28N2O3/c1-6-8-14-13(2,12(16)18-5)11-15(3)9-7-10-17-4/h14H,6-11H2,1-5H3. The van der Waals surface area contributed by atoms with Crippen LogP contribution in [0.5, 0.6) is 0 Å². The molecular formula is C13H28N2O3. The molecule has 0 radical (unpaired) electrons. The molecule has 18 heavy (non-hydrogen) atoms. The Bertz CT molecular complexity index is 236. The van der Waals surface area contributed by atoms with Gasteiger partial charge < -0.3 is 19.7 Å². The molecule has 0 bridgehead atoms. The molecule has 0 aromatic heterocycles. The Balaban J connectivity index is 4.34. The Labute approximate surface area is 111 Å². The fourth-order valence-corrected chi connectivity index (χ4v) is 1.92. The monoisotopic (exact) mass is 260 g/mol. The van der Waals surface area contributed by atoms with Crippen LogP contribution in [0.15, 0.2) is 0 Å². The van der Waals surface area contributed by atoms with Gasteiger partial charge in [-0.1, -0.05) is 6.92 Å². The molecule has 0 saturated heterocycles. The highest BCUT2D eigenvalue weighted by Crippen LogP contribution is 2.09. The normalized spacial score (nSPS) is 14.6. The van der Waals surface area contributed by atoms with Crippen molar-refractivity contribution in [2.75, 3.05) is 47.5 Å². The first kappa shape index (κ1) is 17.4. The number of hydrogen-bond donors (Lipinski definition) is 1. The van der Waals surface area contributed by atoms with E-state index in [2.05, 4.69) is 17.1 Å². The Hall–Kier alpha value is -0.650. The van der Waals surface area contributed by atoms with E-state index in [9.17, 15) is 4.79 Å². The molecular weight excluding hydrogens is 232 g/mol. The summed E-state index contributed by atoms with van der Waals surface area (Å²) in [4.78, 5) is 14.0. The zero-order chi connectivity index (χ0) is 14.0. The zero-order valence-corrected chi connectivity index (χ0v) is 12.4. The van der Waals surface area contributed by atoms with Gasteiger partial charge in [0.25, 0.3) is 0 Å². The van der Waals surface area contributed by atoms with Gasteiger partial charge in [-0.2, -0.15) is 0 Å². The maximum atomic E-state index is 11.9. The summed E-state index contributed by atoms with van der Waals surface area (Å²) in [5.74, 6) is -0.213. The number of nitrogens with zero attached hydrogens (tertiary/aromatic N) is 1. The van der Waals surface area contributed by atoms with Crippen molar-refractivity contribution in [3.8, 4) is 0 Å². The van der Waals surface area contributed by atoms with E-state index in [-0.39, 0.29) is 5.97 Å². The number of carbonyl (C=O) groups is 1. The van der Waals surface area contributed by atoms with Gasteiger partial charge in [0.05, 0.1) is 7.11 Å². The second kappa shape index (κ2) is 9.30. The second-order valence-corrected chi connectivity index (χ2v) is 4.83. The number of nitrogens with one attached hydrogen (secondary N) is 1. The van der Waals surface area contributed by atoms with Gasteiger partial charge in [0.1, 0.15) is 5.54 Å². The maximum Gasteiger partial charge on any atom is 0.327 e. The van der Waals surface area contributed by atoms with Crippen LogP contribution >= 0.6 is 0 Å². The first-order valence-corrected chi connectivity index (χ1v) is 6.51. The van der Waals surface area contributed by atoms with Crippen LogP contribution in [-0.4, -0.2) is 63.9 Å². The number of methoxy groups -OCH3 is 2. The Kier molecular flexibility index (Phi) is 8.97. The number of hydrogen-bond acceptors (Lipinski definition) is 5. The summed E-state index contributed by atoms with van der Waals surface area (Å²) in [5, 5.41) is 3.27.